The second kappa shape index (κ2) is 29.5. The molecule has 23 nitrogen and oxygen atoms in total. The number of carboxylic acids is 2. The van der Waals surface area contributed by atoms with E-state index in [1.165, 1.54) is 12.1 Å². The highest BCUT2D eigenvalue weighted by Gasteiger charge is 2.36. The van der Waals surface area contributed by atoms with Gasteiger partial charge in [0.25, 0.3) is 0 Å². The van der Waals surface area contributed by atoms with E-state index in [0.717, 1.165) is 0 Å². The van der Waals surface area contributed by atoms with E-state index < -0.39 is 157 Å². The third kappa shape index (κ3) is 21.2. The zero-order chi connectivity index (χ0) is 52.9. The summed E-state index contributed by atoms with van der Waals surface area (Å²) in [7, 11) is 0. The number of aromatic hydroxyl groups is 1. The number of phenols is 1. The molecule has 14 N–H and O–H groups in total. The molecular formula is C46H75N9O14. The van der Waals surface area contributed by atoms with E-state index in [1.54, 1.807) is 81.4 Å². The fraction of sp³-hybridized carbons (Fsp3) is 0.652. The van der Waals surface area contributed by atoms with Crippen LogP contribution in [0, 0.1) is 29.6 Å². The van der Waals surface area contributed by atoms with Crippen molar-refractivity contribution in [3.63, 3.8) is 0 Å². The Balaban J connectivity index is 3.18. The Kier molecular flexibility index (Phi) is 25.9. The summed E-state index contributed by atoms with van der Waals surface area (Å²) in [5.74, 6) is -11.7. The van der Waals surface area contributed by atoms with Crippen LogP contribution in [-0.2, 0) is 54.4 Å². The van der Waals surface area contributed by atoms with Crippen molar-refractivity contribution in [1.82, 2.24) is 42.5 Å². The molecule has 0 saturated heterocycles. The number of rotatable bonds is 30. The van der Waals surface area contributed by atoms with E-state index in [0.29, 0.717) is 12.0 Å². The highest BCUT2D eigenvalue weighted by atomic mass is 16.4. The van der Waals surface area contributed by atoms with Crippen LogP contribution in [-0.4, -0.2) is 141 Å². The Morgan fingerprint density at radius 3 is 1.48 bits per heavy atom. The molecule has 0 aliphatic carbocycles. The van der Waals surface area contributed by atoms with Gasteiger partial charge in [0, 0.05) is 6.42 Å². The van der Waals surface area contributed by atoms with Gasteiger partial charge in [-0.25, -0.2) is 4.79 Å². The van der Waals surface area contributed by atoms with Gasteiger partial charge in [-0.05, 0) is 66.5 Å². The number of amides is 8. The molecule has 0 fully saturated rings. The Bertz CT molecular complexity index is 1930. The lowest BCUT2D eigenvalue weighted by molar-refractivity contribution is -0.144. The minimum Gasteiger partial charge on any atom is -0.508 e. The first-order valence-electron chi connectivity index (χ1n) is 23.1. The number of phenolic OH excluding ortho intramolecular Hbond substituents is 1. The van der Waals surface area contributed by atoms with Crippen molar-refractivity contribution in [1.29, 1.82) is 0 Å². The van der Waals surface area contributed by atoms with Gasteiger partial charge in [-0.2, -0.15) is 0 Å². The lowest BCUT2D eigenvalue weighted by Gasteiger charge is -2.30. The first-order valence-corrected chi connectivity index (χ1v) is 23.1. The highest BCUT2D eigenvalue weighted by molar-refractivity contribution is 5.98. The summed E-state index contributed by atoms with van der Waals surface area (Å²) >= 11 is 0. The molecule has 69 heavy (non-hydrogen) atoms. The number of carbonyl (C=O) groups is 10. The predicted molar refractivity (Wildman–Crippen MR) is 251 cm³/mol. The van der Waals surface area contributed by atoms with Gasteiger partial charge >= 0.3 is 11.9 Å². The number of aliphatic hydroxyl groups excluding tert-OH is 1. The van der Waals surface area contributed by atoms with E-state index in [9.17, 15) is 68.4 Å². The molecule has 1 rings (SSSR count). The molecule has 8 amide bonds. The Morgan fingerprint density at radius 1 is 0.565 bits per heavy atom. The summed E-state index contributed by atoms with van der Waals surface area (Å²) in [6.45, 7) is 14.9. The standard InChI is InChI=1S/C46H75N9O14/c1-11-26(10)38(55-39(61)29(47)19-27-12-14-28(57)15-13-27)43(65)48-20-33(58)49-30(16-17-34(59)60)40(62)52-35(23(4)5)44(66)50-31(18-22(2)3)41(63)53-36(24(6)7)45(67)51-32(21-56)42(64)54-37(25(8)9)46(68)69/h12-15,22-26,29-32,35-38,56-57H,11,16-21,47H2,1-10H3,(H,48,65)(H,49,58)(H,50,66)(H,51,67)(H,52,62)(H,53,63)(H,54,64)(H,55,61)(H,59,60)(H,68,69)/t26-,29-,30-,31-,32-,35-,36-,37-,38-/m0/s1. The van der Waals surface area contributed by atoms with Crippen LogP contribution < -0.4 is 48.3 Å². The smallest absolute Gasteiger partial charge is 0.326 e. The molecular weight excluding hydrogens is 903 g/mol. The maximum absolute atomic E-state index is 13.9. The van der Waals surface area contributed by atoms with Gasteiger partial charge in [0.2, 0.25) is 47.3 Å². The zero-order valence-electron chi connectivity index (χ0n) is 41.2. The van der Waals surface area contributed by atoms with Crippen LogP contribution >= 0.6 is 0 Å². The summed E-state index contributed by atoms with van der Waals surface area (Å²) in [6, 6.07) is -4.44. The number of carboxylic acid groups (broad SMARTS) is 2. The average molecular weight is 978 g/mol. The number of nitrogens with two attached hydrogens (primary N) is 1. The number of aliphatic carboxylic acids is 2. The van der Waals surface area contributed by atoms with Gasteiger partial charge in [-0.1, -0.05) is 87.8 Å². The molecule has 0 saturated carbocycles. The normalized spacial score (nSPS) is 15.2. The molecule has 1 aromatic rings. The van der Waals surface area contributed by atoms with E-state index in [2.05, 4.69) is 42.5 Å². The van der Waals surface area contributed by atoms with Crippen molar-refractivity contribution in [2.24, 2.45) is 35.3 Å². The fourth-order valence-corrected chi connectivity index (χ4v) is 6.77. The van der Waals surface area contributed by atoms with Crippen LogP contribution in [0.5, 0.6) is 5.75 Å². The van der Waals surface area contributed by atoms with E-state index >= 15 is 0 Å². The second-order valence-electron chi connectivity index (χ2n) is 18.6. The van der Waals surface area contributed by atoms with Gasteiger partial charge in [-0.15, -0.1) is 0 Å². The van der Waals surface area contributed by atoms with E-state index in [4.69, 9.17) is 5.73 Å². The molecule has 0 heterocycles. The molecule has 0 spiro atoms. The van der Waals surface area contributed by atoms with E-state index in [-0.39, 0.29) is 24.5 Å². The quantitative estimate of drug-likeness (QED) is 0.0430. The molecule has 1 aromatic carbocycles. The Labute approximate surface area is 403 Å². The Morgan fingerprint density at radius 2 is 1.03 bits per heavy atom. The Hall–Kier alpha value is -6.36. The summed E-state index contributed by atoms with van der Waals surface area (Å²) in [6.07, 6.45) is -0.408. The summed E-state index contributed by atoms with van der Waals surface area (Å²) in [4.78, 5) is 131. The minimum absolute atomic E-state index is 0.0352. The lowest BCUT2D eigenvalue weighted by Crippen LogP contribution is -2.61. The van der Waals surface area contributed by atoms with E-state index in [1.807, 2.05) is 0 Å². The summed E-state index contributed by atoms with van der Waals surface area (Å²) in [5, 5.41) is 58.2. The third-order valence-corrected chi connectivity index (χ3v) is 11.1. The lowest BCUT2D eigenvalue weighted by atomic mass is 9.97. The second-order valence-corrected chi connectivity index (χ2v) is 18.6. The molecule has 0 aromatic heterocycles. The number of hydrogen-bond donors (Lipinski definition) is 13. The largest absolute Gasteiger partial charge is 0.508 e. The summed E-state index contributed by atoms with van der Waals surface area (Å²) < 4.78 is 0. The first-order chi connectivity index (χ1) is 32.1. The summed E-state index contributed by atoms with van der Waals surface area (Å²) in [5.41, 5.74) is 6.77. The molecule has 0 unspecified atom stereocenters. The first kappa shape index (κ1) is 60.7. The maximum Gasteiger partial charge on any atom is 0.326 e. The number of carbonyl (C=O) groups excluding carboxylic acids is 8. The van der Waals surface area contributed by atoms with Crippen molar-refractivity contribution in [3.05, 3.63) is 29.8 Å². The number of benzene rings is 1. The van der Waals surface area contributed by atoms with Crippen molar-refractivity contribution in [2.75, 3.05) is 13.2 Å². The van der Waals surface area contributed by atoms with Gasteiger partial charge < -0.3 is 68.7 Å². The fourth-order valence-electron chi connectivity index (χ4n) is 6.77. The van der Waals surface area contributed by atoms with Gasteiger partial charge in [0.05, 0.1) is 19.2 Å². The van der Waals surface area contributed by atoms with Crippen molar-refractivity contribution in [3.8, 4) is 5.75 Å². The third-order valence-electron chi connectivity index (χ3n) is 11.1. The maximum atomic E-state index is 13.9. The highest BCUT2D eigenvalue weighted by Crippen LogP contribution is 2.14. The zero-order valence-corrected chi connectivity index (χ0v) is 41.2. The minimum atomic E-state index is -1.57. The average Bonchev–Trinajstić information content (AvgIpc) is 3.26. The molecule has 0 bridgehead atoms. The SMILES string of the molecule is CC[C@H](C)[C@H](NC(=O)[C@@H](N)Cc1ccc(O)cc1)C(=O)NCC(=O)N[C@@H](CCC(=O)O)C(=O)N[C@H](C(=O)N[C@@H](CC(C)C)C(=O)N[C@H](C(=O)N[C@@H](CO)C(=O)N[C@H](C(=O)O)C(C)C)C(C)C)C(C)C. The number of aliphatic hydroxyl groups is 1. The van der Waals surface area contributed by atoms with Crippen molar-refractivity contribution in [2.45, 2.75) is 150 Å². The number of nitrogens with one attached hydrogen (secondary N) is 8. The van der Waals surface area contributed by atoms with Gasteiger partial charge in [-0.3, -0.25) is 43.2 Å². The van der Waals surface area contributed by atoms with Crippen LogP contribution in [0.15, 0.2) is 24.3 Å². The van der Waals surface area contributed by atoms with Gasteiger partial charge in [0.1, 0.15) is 48.0 Å². The molecule has 23 heteroatoms. The molecule has 0 aliphatic heterocycles. The monoisotopic (exact) mass is 978 g/mol. The van der Waals surface area contributed by atoms with Crippen LogP contribution in [0.4, 0.5) is 0 Å². The molecule has 388 valence electrons. The van der Waals surface area contributed by atoms with Crippen LogP contribution in [0.25, 0.3) is 0 Å². The molecule has 9 atom stereocenters. The van der Waals surface area contributed by atoms with Crippen LogP contribution in [0.1, 0.15) is 100 Å². The topological polar surface area (TPSA) is 374 Å². The van der Waals surface area contributed by atoms with Gasteiger partial charge in [0.15, 0.2) is 0 Å². The predicted octanol–water partition coefficient (Wildman–Crippen LogP) is -1.23. The molecule has 0 radical (unpaired) electrons. The van der Waals surface area contributed by atoms with Crippen LogP contribution in [0.2, 0.25) is 0 Å². The van der Waals surface area contributed by atoms with Crippen molar-refractivity contribution < 1.29 is 68.4 Å². The van der Waals surface area contributed by atoms with Crippen LogP contribution in [0.3, 0.4) is 0 Å². The van der Waals surface area contributed by atoms with Crippen molar-refractivity contribution >= 4 is 59.2 Å². The molecule has 0 aliphatic rings. The number of hydrogen-bond acceptors (Lipinski definition) is 13.